The molecule has 4 fully saturated rings. The van der Waals surface area contributed by atoms with Crippen molar-refractivity contribution in [3.8, 4) is 11.5 Å². The fourth-order valence-electron chi connectivity index (χ4n) is 11.5. The number of aromatic amines is 1. The van der Waals surface area contributed by atoms with Gasteiger partial charge in [0, 0.05) is 85.0 Å². The zero-order valence-corrected chi connectivity index (χ0v) is 50.5. The van der Waals surface area contributed by atoms with E-state index < -0.39 is 26.0 Å². The number of amides is 2. The maximum atomic E-state index is 14.4. The molecule has 444 valence electrons. The van der Waals surface area contributed by atoms with Crippen LogP contribution < -0.4 is 19.7 Å². The second kappa shape index (κ2) is 24.0. The molecule has 1 spiro atoms. The molecule has 83 heavy (non-hydrogen) atoms. The minimum absolute atomic E-state index is 0.00155. The zero-order valence-electron chi connectivity index (χ0n) is 48.9. The molecule has 8 heterocycles. The van der Waals surface area contributed by atoms with E-state index in [-0.39, 0.29) is 77.4 Å². The quantitative estimate of drug-likeness (QED) is 0.0681. The Morgan fingerprint density at radius 3 is 2.24 bits per heavy atom. The van der Waals surface area contributed by atoms with Crippen LogP contribution in [-0.4, -0.2) is 175 Å². The molecule has 6 aromatic rings. The van der Waals surface area contributed by atoms with Crippen LogP contribution in [0.15, 0.2) is 65.4 Å². The molecule has 0 radical (unpaired) electrons. The summed E-state index contributed by atoms with van der Waals surface area (Å²) in [5.74, 6) is 1.54. The maximum absolute atomic E-state index is 14.4. The molecule has 0 saturated carbocycles. The number of benzene rings is 2. The lowest BCUT2D eigenvalue weighted by Crippen LogP contribution is -2.63. The number of rotatable bonds is 16. The number of piperidine rings is 2. The van der Waals surface area contributed by atoms with E-state index in [4.69, 9.17) is 19.2 Å². The van der Waals surface area contributed by atoms with Crippen LogP contribution in [0.1, 0.15) is 125 Å². The number of carbonyl (C=O) groups excluding carboxylic acids is 3. The van der Waals surface area contributed by atoms with Crippen LogP contribution in [0.5, 0.6) is 11.5 Å². The predicted octanol–water partition coefficient (Wildman–Crippen LogP) is 8.72. The van der Waals surface area contributed by atoms with E-state index in [0.717, 1.165) is 76.0 Å². The van der Waals surface area contributed by atoms with Gasteiger partial charge in [-0.1, -0.05) is 0 Å². The average Bonchev–Trinajstić information content (AvgIpc) is 3.77. The van der Waals surface area contributed by atoms with E-state index in [0.29, 0.717) is 71.0 Å². The van der Waals surface area contributed by atoms with Crippen LogP contribution >= 0.6 is 11.3 Å². The first-order valence-electron chi connectivity index (χ1n) is 28.6. The highest BCUT2D eigenvalue weighted by atomic mass is 32.2. The monoisotopic (exact) mass is 1180 g/mol. The molecular weight excluding hydrogens is 1100 g/mol. The summed E-state index contributed by atoms with van der Waals surface area (Å²) < 4.78 is 58.5. The summed E-state index contributed by atoms with van der Waals surface area (Å²) in [6.45, 7) is 22.4. The first-order valence-corrected chi connectivity index (χ1v) is 31.0. The van der Waals surface area contributed by atoms with Crippen molar-refractivity contribution >= 4 is 67.4 Å². The van der Waals surface area contributed by atoms with Crippen molar-refractivity contribution in [2.24, 2.45) is 5.41 Å². The number of anilines is 3. The topological polar surface area (TPSA) is 234 Å². The van der Waals surface area contributed by atoms with Crippen molar-refractivity contribution in [3.63, 3.8) is 0 Å². The number of ether oxygens (including phenoxy) is 3. The highest BCUT2D eigenvalue weighted by Gasteiger charge is 2.43. The number of halogens is 1. The van der Waals surface area contributed by atoms with Gasteiger partial charge in [0.1, 0.15) is 58.1 Å². The molecule has 2 N–H and O–H groups in total. The van der Waals surface area contributed by atoms with Gasteiger partial charge >= 0.3 is 6.09 Å². The van der Waals surface area contributed by atoms with E-state index in [9.17, 15) is 27.2 Å². The number of hydrogen-bond donors (Lipinski definition) is 2. The Labute approximate surface area is 488 Å². The molecule has 2 aromatic carbocycles. The third-order valence-electron chi connectivity index (χ3n) is 16.6. The van der Waals surface area contributed by atoms with Gasteiger partial charge in [0.05, 0.1) is 35.2 Å². The number of thiazole rings is 1. The molecule has 3 atom stereocenters. The van der Waals surface area contributed by atoms with E-state index in [1.54, 1.807) is 50.7 Å². The number of aromatic nitrogens is 7. The Balaban J connectivity index is 0.726. The summed E-state index contributed by atoms with van der Waals surface area (Å²) in [6.07, 6.45) is 9.99. The van der Waals surface area contributed by atoms with Gasteiger partial charge in [0.15, 0.2) is 21.4 Å². The van der Waals surface area contributed by atoms with Crippen molar-refractivity contribution in [1.82, 2.24) is 54.7 Å². The molecule has 0 bridgehead atoms. The summed E-state index contributed by atoms with van der Waals surface area (Å²) in [6, 6.07) is 8.07. The molecule has 2 amide bonds. The van der Waals surface area contributed by atoms with Gasteiger partial charge in [-0.25, -0.2) is 42.5 Å². The predicted molar refractivity (Wildman–Crippen MR) is 314 cm³/mol. The number of hydrogen-bond acceptors (Lipinski definition) is 19. The van der Waals surface area contributed by atoms with Gasteiger partial charge in [0.25, 0.3) is 0 Å². The highest BCUT2D eigenvalue weighted by Crippen LogP contribution is 2.43. The Kier molecular flexibility index (Phi) is 17.1. The molecule has 4 saturated heterocycles. The van der Waals surface area contributed by atoms with Crippen LogP contribution in [0.3, 0.4) is 0 Å². The molecular formula is C59H76FN13O8S2. The third kappa shape index (κ3) is 13.2. The number of ketones is 1. The molecule has 10 rings (SSSR count). The van der Waals surface area contributed by atoms with Crippen molar-refractivity contribution in [1.29, 1.82) is 0 Å². The van der Waals surface area contributed by atoms with Gasteiger partial charge in [-0.3, -0.25) is 19.6 Å². The number of aryl methyl sites for hydroxylation is 1. The Bertz CT molecular complexity index is 3420. The first kappa shape index (κ1) is 59.3. The van der Waals surface area contributed by atoms with E-state index in [1.807, 2.05) is 51.3 Å². The first-order chi connectivity index (χ1) is 39.4. The molecule has 1 unspecified atom stereocenters. The molecule has 21 nitrogen and oxygen atoms in total. The normalized spacial score (nSPS) is 20.0. The zero-order chi connectivity index (χ0) is 59.0. The Hall–Kier alpha value is -6.89. The minimum Gasteiger partial charge on any atom is -0.489 e. The van der Waals surface area contributed by atoms with Crippen LogP contribution in [0, 0.1) is 25.1 Å². The second-order valence-corrected chi connectivity index (χ2v) is 28.1. The molecule has 24 heteroatoms. The minimum atomic E-state index is -3.88. The highest BCUT2D eigenvalue weighted by molar-refractivity contribution is 7.92. The lowest BCUT2D eigenvalue weighted by Gasteiger charge is -2.50. The molecule has 0 aliphatic carbocycles. The number of carbonyl (C=O) groups is 3. The number of H-pyrrole nitrogens is 1. The van der Waals surface area contributed by atoms with E-state index >= 15 is 0 Å². The lowest BCUT2D eigenvalue weighted by atomic mass is 9.71. The van der Waals surface area contributed by atoms with Gasteiger partial charge in [-0.15, -0.1) is 11.3 Å². The number of sulfone groups is 1. The number of nitrogens with one attached hydrogen (secondary N) is 2. The fourth-order valence-corrected chi connectivity index (χ4v) is 13.8. The number of piperazine rings is 1. The van der Waals surface area contributed by atoms with Crippen molar-refractivity contribution in [2.45, 2.75) is 134 Å². The number of fused-ring (bicyclic) bond motifs is 1. The van der Waals surface area contributed by atoms with Crippen LogP contribution in [0.4, 0.5) is 26.8 Å². The number of nitrogens with zero attached hydrogens (tertiary/aromatic N) is 11. The summed E-state index contributed by atoms with van der Waals surface area (Å²) in [7, 11) is -3.88. The number of likely N-dealkylation sites (tertiary alicyclic amines) is 2. The average molecular weight is 1180 g/mol. The van der Waals surface area contributed by atoms with Gasteiger partial charge in [-0.2, -0.15) is 5.10 Å². The van der Waals surface area contributed by atoms with Gasteiger partial charge < -0.3 is 39.1 Å². The largest absolute Gasteiger partial charge is 0.489 e. The van der Waals surface area contributed by atoms with Crippen LogP contribution in [0.25, 0.3) is 10.9 Å². The van der Waals surface area contributed by atoms with Crippen molar-refractivity contribution < 1.29 is 41.4 Å². The summed E-state index contributed by atoms with van der Waals surface area (Å²) >= 11 is 1.37. The fraction of sp³-hybridized carbons (Fsp3) is 0.542. The van der Waals surface area contributed by atoms with Crippen molar-refractivity contribution in [3.05, 3.63) is 93.8 Å². The van der Waals surface area contributed by atoms with E-state index in [2.05, 4.69) is 50.1 Å². The van der Waals surface area contributed by atoms with Gasteiger partial charge in [-0.05, 0) is 150 Å². The van der Waals surface area contributed by atoms with Gasteiger partial charge in [0.2, 0.25) is 17.6 Å². The smallest absolute Gasteiger partial charge is 0.410 e. The SMILES string of the molecule is Cc1[nH]nc(Nc2ncnc3cc(OCCOc4cnc(N5CCC6(CCN(C[C@H]7CN(C(=O)OC(C)(C)C)[C@H](C)CN7CC(=O)N7CCCC7c7nc(C(=O)c8ccc(F)cc8)cs7)CC6)CC5)nc4)c(S(=O)(=O)C(C)(C)C)cc23)c1C. The lowest BCUT2D eigenvalue weighted by molar-refractivity contribution is -0.135. The summed E-state index contributed by atoms with van der Waals surface area (Å²) in [5.41, 5.74) is 2.47. The summed E-state index contributed by atoms with van der Waals surface area (Å²) in [4.78, 5) is 74.9. The molecule has 4 aromatic heterocycles. The third-order valence-corrected chi connectivity index (χ3v) is 20.1. The van der Waals surface area contributed by atoms with Crippen molar-refractivity contribution in [2.75, 3.05) is 82.3 Å². The maximum Gasteiger partial charge on any atom is 0.410 e. The molecule has 4 aliphatic rings. The standard InChI is InChI=1S/C59H76FN13O8S2/c1-37-31-71(34-50(74)72-20-10-11-47(72)54-65-46(35-82-54)51(75)40-12-14-41(60)15-13-40)42(33-73(37)56(76)81-57(4,5)6)32-69-21-16-59(17-22-69)18-23-70(24-19-59)55-61-29-43(30-62-55)79-25-26-80-48-28-45-44(27-49(48)83(77,78)58(7,8)9)53(64-36-63-45)66-52-38(2)39(3)67-68-52/h12-15,27-30,35-37,42,47H,10-11,16-26,31-34H2,1-9H3,(H2,63,64,66,67,68)/t37-,42+,47?/m1/s1. The van der Waals surface area contributed by atoms with Crippen LogP contribution in [-0.2, 0) is 19.4 Å². The van der Waals surface area contributed by atoms with Crippen LogP contribution in [0.2, 0.25) is 0 Å². The summed E-state index contributed by atoms with van der Waals surface area (Å²) in [5, 5.41) is 13.4. The second-order valence-electron chi connectivity index (χ2n) is 24.5. The van der Waals surface area contributed by atoms with E-state index in [1.165, 1.54) is 41.9 Å². The Morgan fingerprint density at radius 2 is 1.57 bits per heavy atom. The molecule has 4 aliphatic heterocycles. The Morgan fingerprint density at radius 1 is 0.867 bits per heavy atom.